The SMILES string of the molecule is CC1CC(O)n2c3ccccc3c3c4c(c5c6ccccc6n1c5c32)C(=O)NC4=O. The van der Waals surface area contributed by atoms with Crippen LogP contribution in [0.5, 0.6) is 0 Å². The second-order valence-corrected chi connectivity index (χ2v) is 8.32. The normalized spacial score (nSPS) is 20.6. The number of rotatable bonds is 0. The summed E-state index contributed by atoms with van der Waals surface area (Å²) in [4.78, 5) is 26.0. The topological polar surface area (TPSA) is 76.3 Å². The lowest BCUT2D eigenvalue weighted by atomic mass is 9.96. The number of hydrogen-bond donors (Lipinski definition) is 2. The number of aromatic nitrogens is 2. The van der Waals surface area contributed by atoms with Gasteiger partial charge in [-0.3, -0.25) is 14.9 Å². The van der Waals surface area contributed by atoms with Gasteiger partial charge in [-0.05, 0) is 19.1 Å². The molecule has 2 atom stereocenters. The number of carbonyl (C=O) groups excluding carboxylic acids is 2. The molecule has 4 heterocycles. The Morgan fingerprint density at radius 2 is 1.33 bits per heavy atom. The van der Waals surface area contributed by atoms with Crippen LogP contribution in [0.4, 0.5) is 0 Å². The first-order valence-electron chi connectivity index (χ1n) is 10.1. The molecule has 3 aromatic carbocycles. The van der Waals surface area contributed by atoms with Gasteiger partial charge in [0.1, 0.15) is 6.23 Å². The van der Waals surface area contributed by atoms with Crippen molar-refractivity contribution in [2.45, 2.75) is 25.6 Å². The highest BCUT2D eigenvalue weighted by molar-refractivity contribution is 6.39. The van der Waals surface area contributed by atoms with Gasteiger partial charge in [-0.2, -0.15) is 0 Å². The minimum atomic E-state index is -0.734. The minimum Gasteiger partial charge on any atom is -0.373 e. The standard InChI is InChI=1S/C24H17N3O3/c1-11-10-16(28)27-15-9-5-3-7-13(15)18-20-19(23(29)25-24(20)30)17-12-6-2-4-8-14(12)26(11)21(17)22(18)27/h2-9,11,16,28H,10H2,1H3,(H,25,29,30). The van der Waals surface area contributed by atoms with Gasteiger partial charge in [-0.1, -0.05) is 36.4 Å². The molecule has 5 aromatic rings. The third-order valence-electron chi connectivity index (χ3n) is 6.77. The third-order valence-corrected chi connectivity index (χ3v) is 6.77. The van der Waals surface area contributed by atoms with Crippen LogP contribution in [0.3, 0.4) is 0 Å². The van der Waals surface area contributed by atoms with E-state index < -0.39 is 6.23 Å². The van der Waals surface area contributed by atoms with Gasteiger partial charge in [0.2, 0.25) is 0 Å². The molecule has 0 bridgehead atoms. The summed E-state index contributed by atoms with van der Waals surface area (Å²) >= 11 is 0. The molecule has 0 saturated carbocycles. The summed E-state index contributed by atoms with van der Waals surface area (Å²) in [5, 5.41) is 17.1. The molecule has 0 fully saturated rings. The summed E-state index contributed by atoms with van der Waals surface area (Å²) in [7, 11) is 0. The Morgan fingerprint density at radius 3 is 1.93 bits per heavy atom. The fourth-order valence-corrected chi connectivity index (χ4v) is 5.71. The van der Waals surface area contributed by atoms with Crippen molar-refractivity contribution in [2.75, 3.05) is 0 Å². The van der Waals surface area contributed by atoms with Gasteiger partial charge in [-0.15, -0.1) is 0 Å². The van der Waals surface area contributed by atoms with Crippen LogP contribution in [0.25, 0.3) is 43.6 Å². The van der Waals surface area contributed by atoms with Gasteiger partial charge in [0.15, 0.2) is 0 Å². The van der Waals surface area contributed by atoms with Crippen molar-refractivity contribution < 1.29 is 14.7 Å². The molecule has 6 nitrogen and oxygen atoms in total. The smallest absolute Gasteiger partial charge is 0.259 e. The summed E-state index contributed by atoms with van der Waals surface area (Å²) in [6, 6.07) is 15.8. The van der Waals surface area contributed by atoms with Crippen molar-refractivity contribution in [1.82, 2.24) is 14.5 Å². The van der Waals surface area contributed by atoms with Crippen LogP contribution >= 0.6 is 0 Å². The maximum absolute atomic E-state index is 13.0. The van der Waals surface area contributed by atoms with Crippen molar-refractivity contribution in [3.05, 3.63) is 59.7 Å². The Hall–Kier alpha value is -3.64. The first-order chi connectivity index (χ1) is 14.6. The average Bonchev–Trinajstić information content (AvgIpc) is 3.32. The molecule has 7 rings (SSSR count). The molecule has 2 amide bonds. The predicted molar refractivity (Wildman–Crippen MR) is 115 cm³/mol. The van der Waals surface area contributed by atoms with Gasteiger partial charge < -0.3 is 14.2 Å². The molecular formula is C24H17N3O3. The lowest BCUT2D eigenvalue weighted by Gasteiger charge is -2.18. The van der Waals surface area contributed by atoms with E-state index in [0.29, 0.717) is 17.5 Å². The number of fused-ring (bicyclic) bond motifs is 9. The lowest BCUT2D eigenvalue weighted by Crippen LogP contribution is -2.20. The molecule has 2 aliphatic rings. The first kappa shape index (κ1) is 16.2. The Morgan fingerprint density at radius 1 is 0.833 bits per heavy atom. The zero-order chi connectivity index (χ0) is 20.3. The Balaban J connectivity index is 1.95. The van der Waals surface area contributed by atoms with E-state index in [9.17, 15) is 14.7 Å². The Kier molecular flexibility index (Phi) is 2.75. The summed E-state index contributed by atoms with van der Waals surface area (Å²) in [5.41, 5.74) is 4.48. The number of nitrogens with one attached hydrogen (secondary N) is 1. The van der Waals surface area contributed by atoms with Crippen LogP contribution in [0.2, 0.25) is 0 Å². The minimum absolute atomic E-state index is 0.0162. The highest BCUT2D eigenvalue weighted by atomic mass is 16.3. The Bertz CT molecular complexity index is 1500. The fourth-order valence-electron chi connectivity index (χ4n) is 5.71. The number of aliphatic hydroxyl groups is 1. The van der Waals surface area contributed by atoms with Crippen LogP contribution in [0.1, 0.15) is 46.3 Å². The van der Waals surface area contributed by atoms with E-state index >= 15 is 0 Å². The van der Waals surface area contributed by atoms with Crippen molar-refractivity contribution in [2.24, 2.45) is 0 Å². The Labute approximate surface area is 170 Å². The van der Waals surface area contributed by atoms with E-state index in [1.54, 1.807) is 0 Å². The summed E-state index contributed by atoms with van der Waals surface area (Å²) in [5.74, 6) is -0.725. The van der Waals surface area contributed by atoms with E-state index in [2.05, 4.69) is 16.8 Å². The molecule has 2 aliphatic heterocycles. The van der Waals surface area contributed by atoms with Crippen LogP contribution in [-0.2, 0) is 0 Å². The predicted octanol–water partition coefficient (Wildman–Crippen LogP) is 4.24. The van der Waals surface area contributed by atoms with Crippen LogP contribution in [-0.4, -0.2) is 26.1 Å². The van der Waals surface area contributed by atoms with Crippen LogP contribution in [0.15, 0.2) is 48.5 Å². The summed E-state index contributed by atoms with van der Waals surface area (Å²) in [6.07, 6.45) is -0.205. The van der Waals surface area contributed by atoms with Gasteiger partial charge in [0, 0.05) is 39.5 Å². The van der Waals surface area contributed by atoms with Gasteiger partial charge in [-0.25, -0.2) is 0 Å². The number of aliphatic hydroxyl groups excluding tert-OH is 1. The van der Waals surface area contributed by atoms with Crippen LogP contribution in [0, 0.1) is 0 Å². The van der Waals surface area contributed by atoms with Gasteiger partial charge in [0.25, 0.3) is 11.8 Å². The molecule has 0 aliphatic carbocycles. The molecule has 30 heavy (non-hydrogen) atoms. The van der Waals surface area contributed by atoms with Crippen molar-refractivity contribution in [1.29, 1.82) is 0 Å². The highest BCUT2D eigenvalue weighted by Crippen LogP contribution is 2.48. The second kappa shape index (κ2) is 5.09. The van der Waals surface area contributed by atoms with Crippen molar-refractivity contribution >= 4 is 55.4 Å². The van der Waals surface area contributed by atoms with Gasteiger partial charge >= 0.3 is 0 Å². The van der Waals surface area contributed by atoms with E-state index in [-0.39, 0.29) is 17.9 Å². The zero-order valence-electron chi connectivity index (χ0n) is 16.1. The molecule has 2 aromatic heterocycles. The second-order valence-electron chi connectivity index (χ2n) is 8.32. The molecule has 146 valence electrons. The number of para-hydroxylation sites is 2. The highest BCUT2D eigenvalue weighted by Gasteiger charge is 2.38. The van der Waals surface area contributed by atoms with E-state index in [1.165, 1.54) is 0 Å². The number of amides is 2. The third kappa shape index (κ3) is 1.63. The average molecular weight is 395 g/mol. The number of carbonyl (C=O) groups is 2. The molecule has 2 N–H and O–H groups in total. The van der Waals surface area contributed by atoms with E-state index in [0.717, 1.165) is 43.6 Å². The quantitative estimate of drug-likeness (QED) is 0.385. The van der Waals surface area contributed by atoms with E-state index in [1.807, 2.05) is 53.1 Å². The number of hydrogen-bond acceptors (Lipinski definition) is 3. The fraction of sp³-hybridized carbons (Fsp3) is 0.167. The monoisotopic (exact) mass is 395 g/mol. The van der Waals surface area contributed by atoms with Crippen molar-refractivity contribution in [3.63, 3.8) is 0 Å². The summed E-state index contributed by atoms with van der Waals surface area (Å²) in [6.45, 7) is 2.09. The molecule has 2 unspecified atom stereocenters. The number of benzene rings is 3. The van der Waals surface area contributed by atoms with Crippen molar-refractivity contribution in [3.8, 4) is 0 Å². The van der Waals surface area contributed by atoms with Crippen LogP contribution < -0.4 is 5.32 Å². The zero-order valence-corrected chi connectivity index (χ0v) is 16.1. The van der Waals surface area contributed by atoms with E-state index in [4.69, 9.17) is 0 Å². The molecule has 0 radical (unpaired) electrons. The lowest BCUT2D eigenvalue weighted by molar-refractivity contribution is 0.0877. The maximum Gasteiger partial charge on any atom is 0.259 e. The van der Waals surface area contributed by atoms with Gasteiger partial charge in [0.05, 0.1) is 27.7 Å². The maximum atomic E-state index is 13.0. The number of nitrogens with zero attached hydrogens (tertiary/aromatic N) is 2. The molecule has 0 spiro atoms. The summed E-state index contributed by atoms with van der Waals surface area (Å²) < 4.78 is 4.18. The number of imide groups is 1. The molecule has 0 saturated heterocycles. The molecular weight excluding hydrogens is 378 g/mol. The molecule has 6 heteroatoms. The largest absolute Gasteiger partial charge is 0.373 e. The first-order valence-corrected chi connectivity index (χ1v) is 10.1.